The van der Waals surface area contributed by atoms with Gasteiger partial charge in [-0.3, -0.25) is 4.79 Å². The minimum absolute atomic E-state index is 0.253. The van der Waals surface area contributed by atoms with Crippen molar-refractivity contribution in [1.82, 2.24) is 5.32 Å². The minimum atomic E-state index is -1.05. The zero-order valence-corrected chi connectivity index (χ0v) is 13.1. The predicted molar refractivity (Wildman–Crippen MR) is 83.5 cm³/mol. The fourth-order valence-corrected chi connectivity index (χ4v) is 2.03. The molecule has 5 heteroatoms. The number of carbonyl (C=O) groups excluding carboxylic acids is 1. The smallest absolute Gasteiger partial charge is 0.326 e. The lowest BCUT2D eigenvalue weighted by Gasteiger charge is -2.26. The number of hydrogen-bond acceptors (Lipinski definition) is 2. The average molecular weight is 310 g/mol. The molecule has 0 aliphatic heterocycles. The third kappa shape index (κ3) is 4.60. The zero-order valence-electron chi connectivity index (χ0n) is 12.4. The molecule has 21 heavy (non-hydrogen) atoms. The van der Waals surface area contributed by atoms with Gasteiger partial charge in [-0.2, -0.15) is 0 Å². The van der Waals surface area contributed by atoms with Gasteiger partial charge in [0.1, 0.15) is 6.04 Å². The maximum Gasteiger partial charge on any atom is 0.326 e. The molecule has 0 radical (unpaired) electrons. The van der Waals surface area contributed by atoms with Crippen LogP contribution < -0.4 is 5.32 Å². The zero-order chi connectivity index (χ0) is 16.0. The van der Waals surface area contributed by atoms with Crippen LogP contribution in [0.1, 0.15) is 32.8 Å². The van der Waals surface area contributed by atoms with Crippen LogP contribution in [0.2, 0.25) is 5.02 Å². The molecule has 0 heterocycles. The van der Waals surface area contributed by atoms with E-state index in [0.717, 1.165) is 5.56 Å². The quantitative estimate of drug-likeness (QED) is 0.793. The Morgan fingerprint density at radius 1 is 1.43 bits per heavy atom. The summed E-state index contributed by atoms with van der Waals surface area (Å²) in [4.78, 5) is 23.6. The fraction of sp³-hybridized carbons (Fsp3) is 0.375. The molecular formula is C16H20ClNO3. The predicted octanol–water partition coefficient (Wildman–Crippen LogP) is 3.15. The summed E-state index contributed by atoms with van der Waals surface area (Å²) in [6, 6.07) is 6.06. The molecule has 1 rings (SSSR count). The van der Waals surface area contributed by atoms with Gasteiger partial charge in [-0.15, -0.1) is 0 Å². The summed E-state index contributed by atoms with van der Waals surface area (Å²) >= 11 is 5.95. The van der Waals surface area contributed by atoms with Crippen molar-refractivity contribution in [1.29, 1.82) is 0 Å². The maximum absolute atomic E-state index is 12.4. The fourth-order valence-electron chi connectivity index (χ4n) is 1.84. The topological polar surface area (TPSA) is 66.4 Å². The molecule has 0 aliphatic carbocycles. The molecule has 4 nitrogen and oxygen atoms in total. The highest BCUT2D eigenvalue weighted by Crippen LogP contribution is 2.26. The molecule has 0 aromatic heterocycles. The molecule has 114 valence electrons. The van der Waals surface area contributed by atoms with E-state index >= 15 is 0 Å². The second kappa shape index (κ2) is 7.27. The summed E-state index contributed by atoms with van der Waals surface area (Å²) in [6.45, 7) is 5.28. The van der Waals surface area contributed by atoms with Crippen molar-refractivity contribution in [3.05, 3.63) is 47.0 Å². The molecule has 1 unspecified atom stereocenters. The van der Waals surface area contributed by atoms with Crippen LogP contribution in [0.4, 0.5) is 0 Å². The van der Waals surface area contributed by atoms with Gasteiger partial charge < -0.3 is 10.4 Å². The molecule has 0 aliphatic rings. The van der Waals surface area contributed by atoms with Crippen LogP contribution in [0.15, 0.2) is 36.4 Å². The van der Waals surface area contributed by atoms with Crippen LogP contribution in [0.25, 0.3) is 0 Å². The van der Waals surface area contributed by atoms with Crippen LogP contribution in [0, 0.1) is 0 Å². The van der Waals surface area contributed by atoms with Crippen molar-refractivity contribution in [3.8, 4) is 0 Å². The number of benzene rings is 1. The van der Waals surface area contributed by atoms with Crippen LogP contribution in [-0.2, 0) is 15.0 Å². The highest BCUT2D eigenvalue weighted by Gasteiger charge is 2.32. The van der Waals surface area contributed by atoms with Crippen molar-refractivity contribution in [3.63, 3.8) is 0 Å². The van der Waals surface area contributed by atoms with E-state index in [1.165, 1.54) is 0 Å². The first kappa shape index (κ1) is 17.2. The van der Waals surface area contributed by atoms with Crippen molar-refractivity contribution < 1.29 is 14.7 Å². The van der Waals surface area contributed by atoms with E-state index in [0.29, 0.717) is 5.02 Å². The van der Waals surface area contributed by atoms with Gasteiger partial charge in [0.2, 0.25) is 5.91 Å². The maximum atomic E-state index is 12.4. The summed E-state index contributed by atoms with van der Waals surface area (Å²) in [5.41, 5.74) is -0.128. The Morgan fingerprint density at radius 2 is 2.10 bits per heavy atom. The van der Waals surface area contributed by atoms with Crippen LogP contribution in [0.5, 0.6) is 0 Å². The van der Waals surface area contributed by atoms with Crippen LogP contribution >= 0.6 is 11.6 Å². The number of carboxylic acid groups (broad SMARTS) is 1. The highest BCUT2D eigenvalue weighted by molar-refractivity contribution is 6.30. The number of nitrogens with one attached hydrogen (secondary N) is 1. The summed E-state index contributed by atoms with van der Waals surface area (Å²) in [7, 11) is 0. The van der Waals surface area contributed by atoms with Crippen molar-refractivity contribution in [2.24, 2.45) is 0 Å². The summed E-state index contributed by atoms with van der Waals surface area (Å²) in [5, 5.41) is 12.3. The van der Waals surface area contributed by atoms with Gasteiger partial charge in [0.05, 0.1) is 5.41 Å². The normalized spacial score (nSPS) is 13.1. The van der Waals surface area contributed by atoms with Gasteiger partial charge in [0, 0.05) is 5.02 Å². The average Bonchev–Trinajstić information content (AvgIpc) is 2.42. The van der Waals surface area contributed by atoms with Crippen LogP contribution in [-0.4, -0.2) is 23.0 Å². The Labute approximate surface area is 129 Å². The second-order valence-electron chi connectivity index (χ2n) is 5.30. The monoisotopic (exact) mass is 309 g/mol. The summed E-state index contributed by atoms with van der Waals surface area (Å²) in [5.74, 6) is -1.40. The number of amides is 1. The SMILES string of the molecule is C/C=C/CC(NC(=O)C(C)(C)c1cccc(Cl)c1)C(=O)O. The Kier molecular flexibility index (Phi) is 5.97. The first-order chi connectivity index (χ1) is 9.78. The van der Waals surface area contributed by atoms with Gasteiger partial charge in [-0.25, -0.2) is 4.79 Å². The lowest BCUT2D eigenvalue weighted by Crippen LogP contribution is -2.48. The Balaban J connectivity index is 2.92. The highest BCUT2D eigenvalue weighted by atomic mass is 35.5. The lowest BCUT2D eigenvalue weighted by molar-refractivity contribution is -0.142. The lowest BCUT2D eigenvalue weighted by atomic mass is 9.83. The van der Waals surface area contributed by atoms with Crippen molar-refractivity contribution in [2.45, 2.75) is 38.6 Å². The Morgan fingerprint density at radius 3 is 2.62 bits per heavy atom. The number of aliphatic carboxylic acids is 1. The van der Waals surface area contributed by atoms with E-state index in [4.69, 9.17) is 16.7 Å². The number of carbonyl (C=O) groups is 2. The van der Waals surface area contributed by atoms with Gasteiger partial charge in [0.15, 0.2) is 0 Å². The van der Waals surface area contributed by atoms with E-state index < -0.39 is 17.4 Å². The number of halogens is 1. The van der Waals surface area contributed by atoms with Gasteiger partial charge in [-0.1, -0.05) is 35.9 Å². The number of hydrogen-bond donors (Lipinski definition) is 2. The first-order valence-corrected chi connectivity index (χ1v) is 7.07. The third-order valence-corrected chi connectivity index (χ3v) is 3.56. The third-order valence-electron chi connectivity index (χ3n) is 3.32. The molecule has 0 saturated carbocycles. The number of allylic oxidation sites excluding steroid dienone is 1. The molecule has 1 amide bonds. The molecule has 2 N–H and O–H groups in total. The largest absolute Gasteiger partial charge is 0.480 e. The van der Waals surface area contributed by atoms with Gasteiger partial charge in [0.25, 0.3) is 0 Å². The van der Waals surface area contributed by atoms with E-state index in [-0.39, 0.29) is 12.3 Å². The first-order valence-electron chi connectivity index (χ1n) is 6.70. The molecule has 0 fully saturated rings. The van der Waals surface area contributed by atoms with E-state index in [9.17, 15) is 9.59 Å². The van der Waals surface area contributed by atoms with E-state index in [1.54, 1.807) is 57.2 Å². The Hall–Kier alpha value is -1.81. The van der Waals surface area contributed by atoms with Crippen molar-refractivity contribution >= 4 is 23.5 Å². The van der Waals surface area contributed by atoms with Gasteiger partial charge >= 0.3 is 5.97 Å². The number of carboxylic acids is 1. The number of rotatable bonds is 6. The second-order valence-corrected chi connectivity index (χ2v) is 5.74. The minimum Gasteiger partial charge on any atom is -0.480 e. The molecule has 0 saturated heterocycles. The molecule has 1 atom stereocenters. The summed E-state index contributed by atoms with van der Waals surface area (Å²) in [6.07, 6.45) is 3.72. The van der Waals surface area contributed by atoms with Crippen molar-refractivity contribution in [2.75, 3.05) is 0 Å². The molecular weight excluding hydrogens is 290 g/mol. The Bertz CT molecular complexity index is 552. The molecule has 1 aromatic carbocycles. The standard InChI is InChI=1S/C16H20ClNO3/c1-4-5-9-13(14(19)20)18-15(21)16(2,3)11-7-6-8-12(17)10-11/h4-8,10,13H,9H2,1-3H3,(H,18,21)(H,19,20)/b5-4+. The van der Waals surface area contributed by atoms with Gasteiger partial charge in [-0.05, 0) is 44.9 Å². The molecule has 1 aromatic rings. The van der Waals surface area contributed by atoms with E-state index in [2.05, 4.69) is 5.32 Å². The molecule has 0 bridgehead atoms. The summed E-state index contributed by atoms with van der Waals surface area (Å²) < 4.78 is 0. The van der Waals surface area contributed by atoms with Crippen LogP contribution in [0.3, 0.4) is 0 Å². The molecule has 0 spiro atoms. The van der Waals surface area contributed by atoms with E-state index in [1.807, 2.05) is 0 Å².